The van der Waals surface area contributed by atoms with Crippen LogP contribution in [-0.4, -0.2) is 32.2 Å². The molecule has 102 valence electrons. The zero-order chi connectivity index (χ0) is 12.5. The Morgan fingerprint density at radius 2 is 1.56 bits per heavy atom. The number of rotatable bonds is 3. The van der Waals surface area contributed by atoms with Crippen molar-refractivity contribution in [1.29, 1.82) is 0 Å². The van der Waals surface area contributed by atoms with Gasteiger partial charge in [0.05, 0.1) is 27.7 Å². The van der Waals surface area contributed by atoms with Crippen LogP contribution < -0.4 is 24.0 Å². The minimum atomic E-state index is -0.132. The van der Waals surface area contributed by atoms with Gasteiger partial charge in [0, 0.05) is 5.41 Å². The first-order valence-corrected chi connectivity index (χ1v) is 6.48. The molecule has 0 saturated heterocycles. The van der Waals surface area contributed by atoms with Gasteiger partial charge < -0.3 is 28.5 Å². The summed E-state index contributed by atoms with van der Waals surface area (Å²) in [6.07, 6.45) is 5.09. The summed E-state index contributed by atoms with van der Waals surface area (Å²) in [6.45, 7) is 1.14. The van der Waals surface area contributed by atoms with Crippen molar-refractivity contribution in [1.82, 2.24) is 0 Å². The predicted molar refractivity (Wildman–Crippen MR) is 69.4 cm³/mol. The van der Waals surface area contributed by atoms with Gasteiger partial charge in [0.2, 0.25) is 0 Å². The lowest BCUT2D eigenvalue weighted by Gasteiger charge is -2.37. The Hall–Kier alpha value is -0.160. The van der Waals surface area contributed by atoms with Gasteiger partial charge in [-0.15, -0.1) is 0 Å². The normalized spacial score (nSPS) is 18.4. The summed E-state index contributed by atoms with van der Waals surface area (Å²) in [4.78, 5) is 0. The number of halogens is 2. The zero-order valence-corrected chi connectivity index (χ0v) is 13.7. The van der Waals surface area contributed by atoms with E-state index >= 15 is 0 Å². The van der Waals surface area contributed by atoms with Gasteiger partial charge in [0.1, 0.15) is 5.82 Å². The third kappa shape index (κ3) is 3.67. The van der Waals surface area contributed by atoms with Gasteiger partial charge in [-0.2, -0.15) is 0 Å². The Morgan fingerprint density at radius 1 is 1.06 bits per heavy atom. The summed E-state index contributed by atoms with van der Waals surface area (Å²) in [6, 6.07) is 7.17. The van der Waals surface area contributed by atoms with Gasteiger partial charge in [0.15, 0.2) is 0 Å². The molecule has 0 aliphatic heterocycles. The maximum absolute atomic E-state index is 13.0. The van der Waals surface area contributed by atoms with Crippen LogP contribution in [0.4, 0.5) is 4.39 Å². The van der Waals surface area contributed by atoms with Crippen molar-refractivity contribution >= 4 is 0 Å². The number of hydrogen-bond donors (Lipinski definition) is 0. The number of benzene rings is 1. The van der Waals surface area contributed by atoms with Gasteiger partial charge in [-0.05, 0) is 30.5 Å². The first-order valence-electron chi connectivity index (χ1n) is 6.48. The highest BCUT2D eigenvalue weighted by atomic mass is 127. The summed E-state index contributed by atoms with van der Waals surface area (Å²) in [7, 11) is 6.72. The number of hydrogen-bond acceptors (Lipinski definition) is 0. The molecule has 1 nitrogen and oxygen atoms in total. The Bertz CT molecular complexity index is 374. The predicted octanol–water partition coefficient (Wildman–Crippen LogP) is 0.348. The van der Waals surface area contributed by atoms with Gasteiger partial charge in [0.25, 0.3) is 0 Å². The molecule has 1 aliphatic rings. The number of nitrogens with zero attached hydrogens (tertiary/aromatic N) is 1. The van der Waals surface area contributed by atoms with Crippen LogP contribution in [0.3, 0.4) is 0 Å². The van der Waals surface area contributed by atoms with Crippen LogP contribution in [0.1, 0.15) is 31.2 Å². The third-order valence-electron chi connectivity index (χ3n) is 3.79. The molecular formula is C15H23FIN. The topological polar surface area (TPSA) is 0 Å². The number of quaternary nitrogens is 1. The zero-order valence-electron chi connectivity index (χ0n) is 11.5. The highest BCUT2D eigenvalue weighted by Gasteiger charge is 2.40. The van der Waals surface area contributed by atoms with Crippen molar-refractivity contribution in [3.63, 3.8) is 0 Å². The Kier molecular flexibility index (Phi) is 5.18. The van der Waals surface area contributed by atoms with Crippen molar-refractivity contribution in [2.75, 3.05) is 27.7 Å². The van der Waals surface area contributed by atoms with Crippen LogP contribution in [0.5, 0.6) is 0 Å². The highest BCUT2D eigenvalue weighted by molar-refractivity contribution is 5.27. The molecule has 0 amide bonds. The molecule has 0 radical (unpaired) electrons. The fourth-order valence-electron chi connectivity index (χ4n) is 3.30. The summed E-state index contributed by atoms with van der Waals surface area (Å²) in [5.74, 6) is -0.132. The molecule has 1 aromatic carbocycles. The summed E-state index contributed by atoms with van der Waals surface area (Å²) in [5.41, 5.74) is 1.59. The monoisotopic (exact) mass is 363 g/mol. The molecule has 0 bridgehead atoms. The molecule has 1 aliphatic carbocycles. The largest absolute Gasteiger partial charge is 1.00 e. The molecule has 1 aromatic rings. The second-order valence-electron chi connectivity index (χ2n) is 6.44. The van der Waals surface area contributed by atoms with Crippen LogP contribution in [0.2, 0.25) is 0 Å². The van der Waals surface area contributed by atoms with Crippen molar-refractivity contribution in [3.8, 4) is 0 Å². The quantitative estimate of drug-likeness (QED) is 0.537. The van der Waals surface area contributed by atoms with Crippen molar-refractivity contribution < 1.29 is 32.9 Å². The van der Waals surface area contributed by atoms with Crippen molar-refractivity contribution in [2.24, 2.45) is 0 Å². The minimum Gasteiger partial charge on any atom is -1.00 e. The second kappa shape index (κ2) is 5.87. The van der Waals surface area contributed by atoms with E-state index in [2.05, 4.69) is 21.1 Å². The van der Waals surface area contributed by atoms with Crippen molar-refractivity contribution in [3.05, 3.63) is 35.6 Å². The fraction of sp³-hybridized carbons (Fsp3) is 0.600. The molecule has 0 spiro atoms. The highest BCUT2D eigenvalue weighted by Crippen LogP contribution is 2.42. The van der Waals surface area contributed by atoms with Crippen LogP contribution in [0.15, 0.2) is 24.3 Å². The van der Waals surface area contributed by atoms with Crippen LogP contribution >= 0.6 is 0 Å². The average Bonchev–Trinajstić information content (AvgIpc) is 2.65. The Balaban J connectivity index is 0.00000162. The average molecular weight is 363 g/mol. The van der Waals surface area contributed by atoms with E-state index in [0.29, 0.717) is 0 Å². The minimum absolute atomic E-state index is 0. The molecule has 0 N–H and O–H groups in total. The molecule has 0 heterocycles. The SMILES string of the molecule is C[N+](C)(C)CC1(c2ccc(F)cc2)CCCC1.[I-]. The molecule has 1 fully saturated rings. The molecular weight excluding hydrogens is 340 g/mol. The lowest BCUT2D eigenvalue weighted by Crippen LogP contribution is -3.00. The van der Waals surface area contributed by atoms with Crippen LogP contribution in [-0.2, 0) is 5.41 Å². The standard InChI is InChI=1S/C15H23FN.HI/c1-17(2,3)12-15(10-4-5-11-15)13-6-8-14(16)9-7-13;/h6-9H,4-5,10-12H2,1-3H3;1H/q+1;/p-1. The van der Waals surface area contributed by atoms with Gasteiger partial charge in [-0.1, -0.05) is 25.0 Å². The lowest BCUT2D eigenvalue weighted by molar-refractivity contribution is -0.874. The molecule has 3 heteroatoms. The van der Waals surface area contributed by atoms with E-state index in [-0.39, 0.29) is 35.2 Å². The van der Waals surface area contributed by atoms with Crippen LogP contribution in [0, 0.1) is 5.82 Å². The maximum atomic E-state index is 13.0. The Morgan fingerprint density at radius 3 is 2.00 bits per heavy atom. The second-order valence-corrected chi connectivity index (χ2v) is 6.44. The first kappa shape index (κ1) is 15.9. The van der Waals surface area contributed by atoms with Crippen LogP contribution in [0.25, 0.3) is 0 Å². The molecule has 1 saturated carbocycles. The Labute approximate surface area is 127 Å². The van der Waals surface area contributed by atoms with Gasteiger partial charge in [-0.3, -0.25) is 0 Å². The lowest BCUT2D eigenvalue weighted by atomic mass is 9.78. The van der Waals surface area contributed by atoms with E-state index in [1.807, 2.05) is 12.1 Å². The van der Waals surface area contributed by atoms with Crippen molar-refractivity contribution in [2.45, 2.75) is 31.1 Å². The maximum Gasteiger partial charge on any atom is 0.123 e. The van der Waals surface area contributed by atoms with E-state index in [1.54, 1.807) is 12.1 Å². The van der Waals surface area contributed by atoms with Gasteiger partial charge in [-0.25, -0.2) is 4.39 Å². The summed E-state index contributed by atoms with van der Waals surface area (Å²) in [5, 5.41) is 0. The third-order valence-corrected chi connectivity index (χ3v) is 3.79. The van der Waals surface area contributed by atoms with E-state index in [1.165, 1.54) is 31.2 Å². The number of likely N-dealkylation sites (N-methyl/N-ethyl adjacent to an activating group) is 1. The van der Waals surface area contributed by atoms with E-state index in [0.717, 1.165) is 11.0 Å². The molecule has 18 heavy (non-hydrogen) atoms. The summed E-state index contributed by atoms with van der Waals surface area (Å²) >= 11 is 0. The van der Waals surface area contributed by atoms with E-state index in [4.69, 9.17) is 0 Å². The summed E-state index contributed by atoms with van der Waals surface area (Å²) < 4.78 is 14.0. The molecule has 0 atom stereocenters. The van der Waals surface area contributed by atoms with E-state index in [9.17, 15) is 4.39 Å². The molecule has 0 unspecified atom stereocenters. The fourth-order valence-corrected chi connectivity index (χ4v) is 3.30. The molecule has 0 aromatic heterocycles. The molecule has 2 rings (SSSR count). The van der Waals surface area contributed by atoms with E-state index < -0.39 is 0 Å². The van der Waals surface area contributed by atoms with Gasteiger partial charge >= 0.3 is 0 Å². The first-order chi connectivity index (χ1) is 7.91. The smallest absolute Gasteiger partial charge is 0.123 e.